The van der Waals surface area contributed by atoms with Crippen molar-refractivity contribution in [2.45, 2.75) is 13.1 Å². The SMILES string of the molecule is Clc1ccc(CNCc2cscn2)c(Cl)c1. The molecule has 0 unspecified atom stereocenters. The molecular weight excluding hydrogens is 263 g/mol. The molecule has 0 bridgehead atoms. The quantitative estimate of drug-likeness (QED) is 0.917. The van der Waals surface area contributed by atoms with Crippen LogP contribution in [0.5, 0.6) is 0 Å². The lowest BCUT2D eigenvalue weighted by atomic mass is 10.2. The minimum atomic E-state index is 0.660. The van der Waals surface area contributed by atoms with Gasteiger partial charge in [0.15, 0.2) is 0 Å². The molecule has 1 N–H and O–H groups in total. The Hall–Kier alpha value is -0.610. The van der Waals surface area contributed by atoms with Crippen molar-refractivity contribution >= 4 is 34.5 Å². The van der Waals surface area contributed by atoms with E-state index in [1.165, 1.54) is 0 Å². The standard InChI is InChI=1S/C11H10Cl2N2S/c12-9-2-1-8(11(13)3-9)4-14-5-10-6-16-7-15-10/h1-3,6-7,14H,4-5H2. The van der Waals surface area contributed by atoms with E-state index in [9.17, 15) is 0 Å². The highest BCUT2D eigenvalue weighted by Crippen LogP contribution is 2.20. The zero-order chi connectivity index (χ0) is 11.4. The van der Waals surface area contributed by atoms with Crippen molar-refractivity contribution in [1.82, 2.24) is 10.3 Å². The summed E-state index contributed by atoms with van der Waals surface area (Å²) in [6.45, 7) is 1.47. The molecule has 2 rings (SSSR count). The van der Waals surface area contributed by atoms with Gasteiger partial charge in [0.05, 0.1) is 11.2 Å². The highest BCUT2D eigenvalue weighted by Gasteiger charge is 2.01. The van der Waals surface area contributed by atoms with Gasteiger partial charge in [-0.1, -0.05) is 29.3 Å². The Balaban J connectivity index is 1.90. The first-order valence-corrected chi connectivity index (χ1v) is 6.47. The molecule has 1 heterocycles. The van der Waals surface area contributed by atoms with E-state index in [0.29, 0.717) is 16.6 Å². The summed E-state index contributed by atoms with van der Waals surface area (Å²) in [4.78, 5) is 4.19. The van der Waals surface area contributed by atoms with Crippen LogP contribution in [0, 0.1) is 0 Å². The molecule has 0 fully saturated rings. The molecular formula is C11H10Cl2N2S. The van der Waals surface area contributed by atoms with Crippen molar-refractivity contribution < 1.29 is 0 Å². The van der Waals surface area contributed by atoms with Crippen LogP contribution in [0.1, 0.15) is 11.3 Å². The lowest BCUT2D eigenvalue weighted by Crippen LogP contribution is -2.13. The minimum Gasteiger partial charge on any atom is -0.307 e. The van der Waals surface area contributed by atoms with Gasteiger partial charge in [-0.3, -0.25) is 0 Å². The molecule has 0 saturated carbocycles. The van der Waals surface area contributed by atoms with Crippen LogP contribution in [0.15, 0.2) is 29.1 Å². The van der Waals surface area contributed by atoms with Crippen LogP contribution < -0.4 is 5.32 Å². The van der Waals surface area contributed by atoms with Gasteiger partial charge in [-0.25, -0.2) is 4.98 Å². The van der Waals surface area contributed by atoms with E-state index in [2.05, 4.69) is 10.3 Å². The van der Waals surface area contributed by atoms with Crippen LogP contribution in [0.25, 0.3) is 0 Å². The number of benzene rings is 1. The number of hydrogen-bond acceptors (Lipinski definition) is 3. The minimum absolute atomic E-state index is 0.660. The molecule has 0 aliphatic heterocycles. The van der Waals surface area contributed by atoms with Crippen LogP contribution in [-0.2, 0) is 13.1 Å². The number of halogens is 2. The van der Waals surface area contributed by atoms with Crippen molar-refractivity contribution in [2.75, 3.05) is 0 Å². The smallest absolute Gasteiger partial charge is 0.0795 e. The molecule has 1 aromatic carbocycles. The number of nitrogens with one attached hydrogen (secondary N) is 1. The van der Waals surface area contributed by atoms with Gasteiger partial charge >= 0.3 is 0 Å². The van der Waals surface area contributed by atoms with Crippen LogP contribution in [0.4, 0.5) is 0 Å². The Morgan fingerprint density at radius 1 is 1.25 bits per heavy atom. The summed E-state index contributed by atoms with van der Waals surface area (Å²) in [6, 6.07) is 5.52. The van der Waals surface area contributed by atoms with Crippen molar-refractivity contribution in [3.8, 4) is 0 Å². The Labute approximate surface area is 108 Å². The number of rotatable bonds is 4. The maximum absolute atomic E-state index is 6.05. The maximum Gasteiger partial charge on any atom is 0.0795 e. The number of nitrogens with zero attached hydrogens (tertiary/aromatic N) is 1. The Kier molecular flexibility index (Phi) is 4.18. The molecule has 0 amide bonds. The average molecular weight is 273 g/mol. The second-order valence-corrected chi connectivity index (χ2v) is 4.88. The molecule has 2 nitrogen and oxygen atoms in total. The Bertz CT molecular complexity index is 457. The fourth-order valence-electron chi connectivity index (χ4n) is 1.32. The first-order valence-electron chi connectivity index (χ1n) is 4.77. The first kappa shape index (κ1) is 11.9. The predicted molar refractivity (Wildman–Crippen MR) is 69.1 cm³/mol. The van der Waals surface area contributed by atoms with Crippen LogP contribution >= 0.6 is 34.5 Å². The molecule has 0 spiro atoms. The molecule has 0 saturated heterocycles. The second kappa shape index (κ2) is 5.64. The van der Waals surface area contributed by atoms with E-state index in [4.69, 9.17) is 23.2 Å². The number of aromatic nitrogens is 1. The molecule has 0 aliphatic rings. The van der Waals surface area contributed by atoms with Crippen molar-refractivity contribution in [3.05, 3.63) is 50.4 Å². The monoisotopic (exact) mass is 272 g/mol. The summed E-state index contributed by atoms with van der Waals surface area (Å²) in [5, 5.41) is 6.66. The van der Waals surface area contributed by atoms with E-state index < -0.39 is 0 Å². The summed E-state index contributed by atoms with van der Waals surface area (Å²) < 4.78 is 0. The van der Waals surface area contributed by atoms with Gasteiger partial charge < -0.3 is 5.32 Å². The second-order valence-electron chi connectivity index (χ2n) is 3.32. The Morgan fingerprint density at radius 2 is 2.12 bits per heavy atom. The van der Waals surface area contributed by atoms with Gasteiger partial charge in [0.1, 0.15) is 0 Å². The van der Waals surface area contributed by atoms with E-state index in [-0.39, 0.29) is 0 Å². The zero-order valence-corrected chi connectivity index (χ0v) is 10.7. The van der Waals surface area contributed by atoms with Gasteiger partial charge in [0.25, 0.3) is 0 Å². The number of hydrogen-bond donors (Lipinski definition) is 1. The highest BCUT2D eigenvalue weighted by atomic mass is 35.5. The lowest BCUT2D eigenvalue weighted by molar-refractivity contribution is 0.683. The van der Waals surface area contributed by atoms with Gasteiger partial charge in [-0.05, 0) is 17.7 Å². The summed E-state index contributed by atoms with van der Waals surface area (Å²) >= 11 is 13.5. The molecule has 84 valence electrons. The number of thiazole rings is 1. The summed E-state index contributed by atoms with van der Waals surface area (Å²) in [5.41, 5.74) is 3.92. The fourth-order valence-corrected chi connectivity index (χ4v) is 2.35. The van der Waals surface area contributed by atoms with Crippen LogP contribution in [0.2, 0.25) is 10.0 Å². The first-order chi connectivity index (χ1) is 7.75. The molecule has 2 aromatic rings. The van der Waals surface area contributed by atoms with E-state index in [1.54, 1.807) is 17.4 Å². The highest BCUT2D eigenvalue weighted by molar-refractivity contribution is 7.07. The third-order valence-electron chi connectivity index (χ3n) is 2.12. The lowest BCUT2D eigenvalue weighted by Gasteiger charge is -2.05. The predicted octanol–water partition coefficient (Wildman–Crippen LogP) is 3.74. The molecule has 0 atom stereocenters. The maximum atomic E-state index is 6.05. The summed E-state index contributed by atoms with van der Waals surface area (Å²) in [7, 11) is 0. The van der Waals surface area contributed by atoms with Gasteiger partial charge in [-0.2, -0.15) is 0 Å². The topological polar surface area (TPSA) is 24.9 Å². The largest absolute Gasteiger partial charge is 0.307 e. The molecule has 0 aliphatic carbocycles. The van der Waals surface area contributed by atoms with Crippen LogP contribution in [0.3, 0.4) is 0 Å². The Morgan fingerprint density at radius 3 is 2.81 bits per heavy atom. The third kappa shape index (κ3) is 3.19. The van der Waals surface area contributed by atoms with Gasteiger partial charge in [0.2, 0.25) is 0 Å². The average Bonchev–Trinajstić information content (AvgIpc) is 2.74. The fraction of sp³-hybridized carbons (Fsp3) is 0.182. The van der Waals surface area contributed by atoms with E-state index in [0.717, 1.165) is 17.8 Å². The molecule has 0 radical (unpaired) electrons. The van der Waals surface area contributed by atoms with E-state index >= 15 is 0 Å². The van der Waals surface area contributed by atoms with Crippen molar-refractivity contribution in [3.63, 3.8) is 0 Å². The van der Waals surface area contributed by atoms with Crippen LogP contribution in [-0.4, -0.2) is 4.98 Å². The normalized spacial score (nSPS) is 10.6. The van der Waals surface area contributed by atoms with Crippen molar-refractivity contribution in [2.24, 2.45) is 0 Å². The zero-order valence-electron chi connectivity index (χ0n) is 8.41. The van der Waals surface area contributed by atoms with E-state index in [1.807, 2.05) is 23.0 Å². The van der Waals surface area contributed by atoms with Gasteiger partial charge in [-0.15, -0.1) is 11.3 Å². The summed E-state index contributed by atoms with van der Waals surface area (Å²) in [6.07, 6.45) is 0. The third-order valence-corrected chi connectivity index (χ3v) is 3.34. The molecule has 16 heavy (non-hydrogen) atoms. The van der Waals surface area contributed by atoms with Crippen molar-refractivity contribution in [1.29, 1.82) is 0 Å². The van der Waals surface area contributed by atoms with Gasteiger partial charge in [0, 0.05) is 28.5 Å². The summed E-state index contributed by atoms with van der Waals surface area (Å²) in [5.74, 6) is 0. The molecule has 5 heteroatoms. The molecule has 1 aromatic heterocycles.